The van der Waals surface area contributed by atoms with Crippen LogP contribution in [0.1, 0.15) is 47.0 Å². The van der Waals surface area contributed by atoms with Crippen molar-refractivity contribution in [2.24, 2.45) is 5.92 Å². The van der Waals surface area contributed by atoms with Crippen molar-refractivity contribution in [3.05, 3.63) is 0 Å². The largest absolute Gasteiger partial charge is 0.472 e. The molecule has 0 aromatic carbocycles. The average Bonchev–Trinajstić information content (AvgIpc) is 2.45. The molecule has 4 atom stereocenters. The molecule has 0 heterocycles. The predicted molar refractivity (Wildman–Crippen MR) is 92.9 cm³/mol. The van der Waals surface area contributed by atoms with Crippen molar-refractivity contribution < 1.29 is 37.4 Å². The van der Waals surface area contributed by atoms with Gasteiger partial charge in [0.2, 0.25) is 0 Å². The number of phosphoric ester groups is 2. The van der Waals surface area contributed by atoms with Gasteiger partial charge in [-0.1, -0.05) is 27.2 Å². The molecule has 4 unspecified atom stereocenters. The van der Waals surface area contributed by atoms with Crippen molar-refractivity contribution in [3.63, 3.8) is 0 Å². The van der Waals surface area contributed by atoms with Gasteiger partial charge >= 0.3 is 15.6 Å². The number of phosphoric acid groups is 2. The van der Waals surface area contributed by atoms with Gasteiger partial charge in [0, 0.05) is 7.74 Å². The average molecular weight is 383 g/mol. The zero-order valence-electron chi connectivity index (χ0n) is 14.6. The Morgan fingerprint density at radius 2 is 1.79 bits per heavy atom. The second-order valence-corrected chi connectivity index (χ2v) is 8.56. The highest BCUT2D eigenvalue weighted by molar-refractivity contribution is 7.47. The smallest absolute Gasteiger partial charge is 0.303 e. The van der Waals surface area contributed by atoms with E-state index in [9.17, 15) is 14.0 Å². The Morgan fingerprint density at radius 1 is 1.21 bits per heavy atom. The molecule has 0 bridgehead atoms. The topological polar surface area (TPSA) is 123 Å². The van der Waals surface area contributed by atoms with Crippen molar-refractivity contribution >= 4 is 30.6 Å². The molecule has 0 spiro atoms. The minimum atomic E-state index is -4.69. The summed E-state index contributed by atoms with van der Waals surface area (Å²) >= 11 is 0. The van der Waals surface area contributed by atoms with E-state index in [-0.39, 0.29) is 13.0 Å². The molecule has 0 aromatic heterocycles. The van der Waals surface area contributed by atoms with Gasteiger partial charge in [0.25, 0.3) is 0 Å². The third-order valence-corrected chi connectivity index (χ3v) is 5.67. The van der Waals surface area contributed by atoms with Crippen LogP contribution in [0.2, 0.25) is 5.82 Å². The zero-order valence-corrected chi connectivity index (χ0v) is 16.4. The molecular formula is C12H27B2O8P2. The van der Waals surface area contributed by atoms with Crippen LogP contribution in [0.3, 0.4) is 0 Å². The highest BCUT2D eigenvalue weighted by atomic mass is 31.2. The standard InChI is InChI=1S/C12H27B2O8P2/c1-5-10(3)7-8-20-24(18,19)22-12(4,6-2)11(14-13)9-21-23(15,16)17/h10-11H,5-9H2,1-4H3,(H,18,19)(H2,15,16,17). The molecule has 0 amide bonds. The SMILES string of the molecule is [B][B]C(COP(=O)(O)O)C(C)(CC)OP(=O)(O)OCCC(C)CC. The van der Waals surface area contributed by atoms with E-state index < -0.39 is 33.7 Å². The Bertz CT molecular complexity index is 460. The van der Waals surface area contributed by atoms with Crippen molar-refractivity contribution in [3.8, 4) is 0 Å². The van der Waals surface area contributed by atoms with Crippen LogP contribution in [0.15, 0.2) is 0 Å². The molecule has 24 heavy (non-hydrogen) atoms. The van der Waals surface area contributed by atoms with Gasteiger partial charge in [-0.3, -0.25) is 13.6 Å². The maximum atomic E-state index is 12.1. The van der Waals surface area contributed by atoms with E-state index >= 15 is 0 Å². The minimum absolute atomic E-state index is 0.0680. The van der Waals surface area contributed by atoms with E-state index in [4.69, 9.17) is 26.6 Å². The summed E-state index contributed by atoms with van der Waals surface area (Å²) in [5.74, 6) is -0.474. The van der Waals surface area contributed by atoms with E-state index in [1.165, 1.54) is 6.92 Å². The molecule has 0 aliphatic heterocycles. The van der Waals surface area contributed by atoms with Gasteiger partial charge in [-0.05, 0) is 31.5 Å². The van der Waals surface area contributed by atoms with Crippen molar-refractivity contribution in [2.75, 3.05) is 13.2 Å². The maximum absolute atomic E-state index is 12.1. The fourth-order valence-corrected chi connectivity index (χ4v) is 3.41. The molecule has 8 nitrogen and oxygen atoms in total. The summed E-state index contributed by atoms with van der Waals surface area (Å²) in [6, 6.07) is 0. The van der Waals surface area contributed by atoms with Crippen LogP contribution < -0.4 is 0 Å². The Kier molecular flexibility index (Phi) is 10.6. The molecule has 12 heteroatoms. The molecule has 139 valence electrons. The Morgan fingerprint density at radius 3 is 2.21 bits per heavy atom. The van der Waals surface area contributed by atoms with Crippen LogP contribution in [0.25, 0.3) is 0 Å². The zero-order chi connectivity index (χ0) is 19.0. The monoisotopic (exact) mass is 383 g/mol. The van der Waals surface area contributed by atoms with Crippen LogP contribution in [-0.2, 0) is 22.7 Å². The first-order valence-electron chi connectivity index (χ1n) is 7.82. The van der Waals surface area contributed by atoms with Crippen molar-refractivity contribution in [1.29, 1.82) is 0 Å². The van der Waals surface area contributed by atoms with E-state index in [2.05, 4.69) is 4.52 Å². The van der Waals surface area contributed by atoms with E-state index in [1.807, 2.05) is 13.8 Å². The Hall–Kier alpha value is 0.350. The summed E-state index contributed by atoms with van der Waals surface area (Å²) < 4.78 is 37.6. The number of rotatable bonds is 13. The second kappa shape index (κ2) is 10.5. The predicted octanol–water partition coefficient (Wildman–Crippen LogP) is 2.41. The van der Waals surface area contributed by atoms with Crippen LogP contribution in [-0.4, -0.2) is 48.4 Å². The van der Waals surface area contributed by atoms with Gasteiger partial charge in [0.1, 0.15) is 0 Å². The van der Waals surface area contributed by atoms with Gasteiger partial charge in [0.15, 0.2) is 0 Å². The molecule has 3 N–H and O–H groups in total. The van der Waals surface area contributed by atoms with E-state index in [0.29, 0.717) is 12.3 Å². The third kappa shape index (κ3) is 9.73. The Labute approximate surface area is 146 Å². The second-order valence-electron chi connectivity index (χ2n) is 5.95. The Balaban J connectivity index is 4.86. The molecular weight excluding hydrogens is 356 g/mol. The van der Waals surface area contributed by atoms with Gasteiger partial charge in [-0.15, -0.1) is 0 Å². The van der Waals surface area contributed by atoms with E-state index in [0.717, 1.165) is 13.6 Å². The molecule has 0 aliphatic rings. The van der Waals surface area contributed by atoms with Gasteiger partial charge in [0.05, 0.1) is 26.0 Å². The van der Waals surface area contributed by atoms with Crippen LogP contribution in [0.5, 0.6) is 0 Å². The lowest BCUT2D eigenvalue weighted by atomic mass is 9.43. The summed E-state index contributed by atoms with van der Waals surface area (Å²) in [5.41, 5.74) is -1.29. The summed E-state index contributed by atoms with van der Waals surface area (Å²) in [6.07, 6.45) is 1.78. The lowest BCUT2D eigenvalue weighted by Gasteiger charge is -2.37. The molecule has 3 radical (unpaired) electrons. The molecule has 0 aliphatic carbocycles. The van der Waals surface area contributed by atoms with Crippen molar-refractivity contribution in [1.82, 2.24) is 0 Å². The first-order chi connectivity index (χ1) is 10.9. The minimum Gasteiger partial charge on any atom is -0.303 e. The molecule has 0 fully saturated rings. The number of hydrogen-bond acceptors (Lipinski definition) is 5. The van der Waals surface area contributed by atoms with E-state index in [1.54, 1.807) is 6.92 Å². The summed E-state index contributed by atoms with van der Waals surface area (Å²) in [5, 5.41) is 0. The number of hydrogen-bond donors (Lipinski definition) is 3. The summed E-state index contributed by atoms with van der Waals surface area (Å²) in [7, 11) is -2.43. The maximum Gasteiger partial charge on any atom is 0.472 e. The lowest BCUT2D eigenvalue weighted by molar-refractivity contribution is 0.0139. The van der Waals surface area contributed by atoms with Gasteiger partial charge in [-0.2, -0.15) is 0 Å². The van der Waals surface area contributed by atoms with Crippen LogP contribution in [0.4, 0.5) is 0 Å². The normalized spacial score (nSPS) is 20.0. The molecule has 0 aromatic rings. The van der Waals surface area contributed by atoms with Gasteiger partial charge in [-0.25, -0.2) is 9.13 Å². The third-order valence-electron chi connectivity index (χ3n) is 4.03. The van der Waals surface area contributed by atoms with Crippen LogP contribution in [0, 0.1) is 5.92 Å². The molecule has 0 saturated carbocycles. The quantitative estimate of drug-likeness (QED) is 0.328. The fraction of sp³-hybridized carbons (Fsp3) is 1.00. The molecule has 0 rings (SSSR count). The lowest BCUT2D eigenvalue weighted by Crippen LogP contribution is -2.38. The summed E-state index contributed by atoms with van der Waals surface area (Å²) in [6.45, 7) is 6.81. The summed E-state index contributed by atoms with van der Waals surface area (Å²) in [4.78, 5) is 27.5. The van der Waals surface area contributed by atoms with Crippen LogP contribution >= 0.6 is 15.6 Å². The fourth-order valence-electron chi connectivity index (χ4n) is 1.87. The highest BCUT2D eigenvalue weighted by Gasteiger charge is 2.40. The molecule has 0 saturated heterocycles. The van der Waals surface area contributed by atoms with Gasteiger partial charge < -0.3 is 14.7 Å². The first kappa shape index (κ1) is 24.3. The first-order valence-corrected chi connectivity index (χ1v) is 10.8. The highest BCUT2D eigenvalue weighted by Crippen LogP contribution is 2.52. The van der Waals surface area contributed by atoms with Crippen molar-refractivity contribution in [2.45, 2.75) is 58.4 Å².